The van der Waals surface area contributed by atoms with Crippen LogP contribution in [0.1, 0.15) is 182 Å². The number of aliphatic hydroxyl groups excluding tert-OH is 1. The first-order valence-corrected chi connectivity index (χ1v) is 24.4. The maximum absolute atomic E-state index is 13.9. The first kappa shape index (κ1) is 50.2. The number of aliphatic hydroxyl groups is 1. The number of carbonyl (C=O) groups excluding carboxylic acids is 2. The minimum absolute atomic E-state index is 0.0861. The number of methoxy groups -OCH3 is 1. The maximum Gasteiger partial charge on any atom is 0.338 e. The van der Waals surface area contributed by atoms with Gasteiger partial charge in [0.05, 0.1) is 24.4 Å². The molecule has 1 aromatic heterocycles. The van der Waals surface area contributed by atoms with Crippen molar-refractivity contribution < 1.29 is 47.5 Å². The zero-order chi connectivity index (χ0) is 44.6. The van der Waals surface area contributed by atoms with E-state index in [1.165, 1.54) is 64.2 Å². The number of hydrogen-bond acceptors (Lipinski definition) is 11. The average molecular weight is 868 g/mol. The first-order valence-electron chi connectivity index (χ1n) is 24.4. The molecule has 0 aromatic carbocycles. The molecule has 0 saturated carbocycles. The summed E-state index contributed by atoms with van der Waals surface area (Å²) in [7, 11) is 1.68. The average Bonchev–Trinajstić information content (AvgIpc) is 4.11. The fourth-order valence-corrected chi connectivity index (χ4v) is 9.80. The van der Waals surface area contributed by atoms with Gasteiger partial charge in [0, 0.05) is 32.8 Å². The molecular formula is C51H81NO10. The minimum atomic E-state index is -0.984. The van der Waals surface area contributed by atoms with Crippen molar-refractivity contribution in [1.82, 2.24) is 4.98 Å². The van der Waals surface area contributed by atoms with Crippen molar-refractivity contribution >= 4 is 18.0 Å². The quantitative estimate of drug-likeness (QED) is 0.0369. The van der Waals surface area contributed by atoms with E-state index in [9.17, 15) is 14.7 Å². The molecule has 4 aliphatic rings. The zero-order valence-corrected chi connectivity index (χ0v) is 39.4. The van der Waals surface area contributed by atoms with Gasteiger partial charge in [-0.25, -0.2) is 9.78 Å². The summed E-state index contributed by atoms with van der Waals surface area (Å²) in [6.07, 6.45) is 26.2. The van der Waals surface area contributed by atoms with E-state index >= 15 is 0 Å². The molecule has 4 fully saturated rings. The Labute approximate surface area is 373 Å². The number of epoxide rings is 2. The van der Waals surface area contributed by atoms with Crippen molar-refractivity contribution in [2.45, 2.75) is 232 Å². The highest BCUT2D eigenvalue weighted by atomic mass is 16.7. The molecule has 11 heteroatoms. The molecule has 0 amide bonds. The monoisotopic (exact) mass is 868 g/mol. The Morgan fingerprint density at radius 2 is 1.61 bits per heavy atom. The van der Waals surface area contributed by atoms with E-state index < -0.39 is 42.3 Å². The Morgan fingerprint density at radius 1 is 0.952 bits per heavy atom. The van der Waals surface area contributed by atoms with Crippen LogP contribution >= 0.6 is 0 Å². The van der Waals surface area contributed by atoms with Crippen molar-refractivity contribution in [3.63, 3.8) is 0 Å². The molecule has 4 saturated heterocycles. The van der Waals surface area contributed by atoms with Crippen LogP contribution in [0.25, 0.3) is 6.08 Å². The fourth-order valence-electron chi connectivity index (χ4n) is 9.80. The van der Waals surface area contributed by atoms with E-state index in [0.717, 1.165) is 55.4 Å². The van der Waals surface area contributed by atoms with Gasteiger partial charge >= 0.3 is 11.9 Å². The van der Waals surface area contributed by atoms with Crippen LogP contribution in [0.3, 0.4) is 0 Å². The van der Waals surface area contributed by atoms with Gasteiger partial charge in [0.2, 0.25) is 0 Å². The zero-order valence-electron chi connectivity index (χ0n) is 39.4. The van der Waals surface area contributed by atoms with Crippen molar-refractivity contribution in [3.8, 4) is 0 Å². The SMILES string of the molecule is CCCCCCCCCCCCCCC[C@H](O)OC1CC(C(C)C(OC)C(C)=CC=CC(C)=Cc2coc(C)n2)OC(=O)C2OC2CC2CC(=O)OC(C2)C(C)CCC2OC12C. The number of unbranched alkanes of at least 4 members (excludes halogenated alkanes) is 12. The Balaban J connectivity index is 1.26. The van der Waals surface area contributed by atoms with Crippen molar-refractivity contribution in [2.24, 2.45) is 17.8 Å². The minimum Gasteiger partial charge on any atom is -0.462 e. The highest BCUT2D eigenvalue weighted by molar-refractivity contribution is 5.78. The fraction of sp³-hybridized carbons (Fsp3) is 0.784. The number of rotatable bonds is 23. The standard InChI is InChI=1S/C51H81NO10/c1-9-10-11-12-13-14-15-16-17-18-19-20-21-25-46(53)61-45-32-42(37(5)48(56-8)36(4)24-22-23-34(2)28-40-33-57-38(6)52-40)60-50(55)49-43(59-49)30-39-29-41(58-47(54)31-39)35(3)26-27-44-51(45,7)62-44/h22-24,28,33,35,37,39,41-46,48-49,53H,9-21,25-27,29-32H2,1-8H3/t35?,37?,39?,41?,42?,43?,44?,45?,46-,48?,49?,51?/m1/s1. The lowest BCUT2D eigenvalue weighted by Crippen LogP contribution is -2.44. The van der Waals surface area contributed by atoms with E-state index in [2.05, 4.69) is 18.8 Å². The molecule has 12 atom stereocenters. The highest BCUT2D eigenvalue weighted by Crippen LogP contribution is 2.48. The van der Waals surface area contributed by atoms with Crippen LogP contribution < -0.4 is 0 Å². The van der Waals surface area contributed by atoms with Crippen LogP contribution in [-0.2, 0) is 38.0 Å². The summed E-state index contributed by atoms with van der Waals surface area (Å²) in [6.45, 7) is 14.3. The van der Waals surface area contributed by atoms with Crippen molar-refractivity contribution in [2.75, 3.05) is 7.11 Å². The Kier molecular flexibility index (Phi) is 20.2. The summed E-state index contributed by atoms with van der Waals surface area (Å²) in [4.78, 5) is 31.0. The van der Waals surface area contributed by atoms with Gasteiger partial charge in [-0.15, -0.1) is 0 Å². The van der Waals surface area contributed by atoms with Gasteiger partial charge in [0.15, 0.2) is 18.3 Å². The largest absolute Gasteiger partial charge is 0.462 e. The molecule has 1 N–H and O–H groups in total. The third-order valence-corrected chi connectivity index (χ3v) is 13.9. The summed E-state index contributed by atoms with van der Waals surface area (Å²) >= 11 is 0. The van der Waals surface area contributed by atoms with Crippen LogP contribution in [0, 0.1) is 24.7 Å². The third-order valence-electron chi connectivity index (χ3n) is 13.9. The lowest BCUT2D eigenvalue weighted by atomic mass is 9.82. The molecule has 62 heavy (non-hydrogen) atoms. The highest BCUT2D eigenvalue weighted by Gasteiger charge is 2.60. The first-order chi connectivity index (χ1) is 29.8. The topological polar surface area (TPSA) is 142 Å². The number of fused-ring (bicyclic) bond motifs is 4. The molecule has 1 aromatic rings. The van der Waals surface area contributed by atoms with E-state index in [-0.39, 0.29) is 42.0 Å². The Bertz CT molecular complexity index is 1620. The summed E-state index contributed by atoms with van der Waals surface area (Å²) in [5, 5.41) is 11.4. The second-order valence-electron chi connectivity index (χ2n) is 19.3. The van der Waals surface area contributed by atoms with Crippen LogP contribution in [0.4, 0.5) is 0 Å². The number of carbonyl (C=O) groups is 2. The van der Waals surface area contributed by atoms with Crippen LogP contribution in [-0.4, -0.2) is 83.8 Å². The van der Waals surface area contributed by atoms with Crippen LogP contribution in [0.15, 0.2) is 40.1 Å². The molecule has 2 bridgehead atoms. The van der Waals surface area contributed by atoms with E-state index in [0.29, 0.717) is 31.6 Å². The summed E-state index contributed by atoms with van der Waals surface area (Å²) in [6, 6.07) is 0. The number of aryl methyl sites for hydroxylation is 1. The number of hydrogen-bond donors (Lipinski definition) is 1. The molecule has 5 rings (SSSR count). The summed E-state index contributed by atoms with van der Waals surface area (Å²) < 4.78 is 42.8. The molecule has 0 aliphatic carbocycles. The Hall–Kier alpha value is -2.83. The molecule has 0 spiro atoms. The van der Waals surface area contributed by atoms with Gasteiger partial charge in [0.25, 0.3) is 0 Å². The summed E-state index contributed by atoms with van der Waals surface area (Å²) in [5.74, 6) is -0.0541. The molecule has 11 unspecified atom stereocenters. The second-order valence-corrected chi connectivity index (χ2v) is 19.3. The number of nitrogens with zero attached hydrogens (tertiary/aromatic N) is 1. The number of ether oxygens (including phenoxy) is 6. The maximum atomic E-state index is 13.9. The van der Waals surface area contributed by atoms with Crippen LogP contribution in [0.5, 0.6) is 0 Å². The number of aromatic nitrogens is 1. The molecule has 11 nitrogen and oxygen atoms in total. The normalized spacial score (nSPS) is 31.2. The number of allylic oxidation sites excluding steroid dienone is 4. The van der Waals surface area contributed by atoms with E-state index in [4.69, 9.17) is 32.8 Å². The van der Waals surface area contributed by atoms with E-state index in [1.54, 1.807) is 13.4 Å². The van der Waals surface area contributed by atoms with Crippen molar-refractivity contribution in [1.29, 1.82) is 0 Å². The molecule has 4 aliphatic heterocycles. The number of esters is 2. The van der Waals surface area contributed by atoms with Crippen molar-refractivity contribution in [3.05, 3.63) is 47.2 Å². The Morgan fingerprint density at radius 3 is 2.26 bits per heavy atom. The molecule has 5 heterocycles. The lowest BCUT2D eigenvalue weighted by molar-refractivity contribution is -0.179. The van der Waals surface area contributed by atoms with Gasteiger partial charge in [-0.2, -0.15) is 0 Å². The lowest BCUT2D eigenvalue weighted by Gasteiger charge is -2.35. The molecule has 0 radical (unpaired) electrons. The number of cyclic esters (lactones) is 1. The predicted octanol–water partition coefficient (Wildman–Crippen LogP) is 11.1. The van der Waals surface area contributed by atoms with E-state index in [1.807, 2.05) is 58.9 Å². The van der Waals surface area contributed by atoms with Gasteiger partial charge in [-0.1, -0.05) is 116 Å². The number of oxazole rings is 1. The molecule has 350 valence electrons. The van der Waals surface area contributed by atoms with Gasteiger partial charge < -0.3 is 37.9 Å². The van der Waals surface area contributed by atoms with Gasteiger partial charge in [-0.3, -0.25) is 4.79 Å². The second kappa shape index (κ2) is 25.0. The van der Waals surface area contributed by atoms with Crippen LogP contribution in [0.2, 0.25) is 0 Å². The molecular weight excluding hydrogens is 787 g/mol. The predicted molar refractivity (Wildman–Crippen MR) is 241 cm³/mol. The van der Waals surface area contributed by atoms with Gasteiger partial charge in [0.1, 0.15) is 29.8 Å². The van der Waals surface area contributed by atoms with Gasteiger partial charge in [-0.05, 0) is 88.4 Å². The smallest absolute Gasteiger partial charge is 0.338 e. The summed E-state index contributed by atoms with van der Waals surface area (Å²) in [5.41, 5.74) is 2.03. The third kappa shape index (κ3) is 15.7.